The van der Waals surface area contributed by atoms with Crippen LogP contribution in [0.3, 0.4) is 0 Å². The van der Waals surface area contributed by atoms with E-state index < -0.39 is 9.84 Å². The normalized spacial score (nSPS) is 19.6. The Bertz CT molecular complexity index is 651. The van der Waals surface area contributed by atoms with Crippen molar-refractivity contribution in [1.29, 1.82) is 0 Å². The SMILES string of the molecule is CC(=O)c1ccc(OCC(=O)NC[C@H]2CCS(=O)(=O)C2)cc1. The molecule has 0 aromatic heterocycles. The molecular weight excluding hydrogens is 306 g/mol. The first kappa shape index (κ1) is 16.5. The fourth-order valence-corrected chi connectivity index (χ4v) is 4.14. The fraction of sp³-hybridized carbons (Fsp3) is 0.467. The van der Waals surface area contributed by atoms with Crippen LogP contribution in [0.15, 0.2) is 24.3 Å². The molecule has 1 aliphatic rings. The Morgan fingerprint density at radius 1 is 1.27 bits per heavy atom. The van der Waals surface area contributed by atoms with E-state index in [1.807, 2.05) is 0 Å². The average Bonchev–Trinajstić information content (AvgIpc) is 2.82. The zero-order chi connectivity index (χ0) is 16.2. The van der Waals surface area contributed by atoms with Crippen LogP contribution in [0, 0.1) is 5.92 Å². The van der Waals surface area contributed by atoms with Crippen LogP contribution in [0.5, 0.6) is 5.75 Å². The lowest BCUT2D eigenvalue weighted by Crippen LogP contribution is -2.33. The van der Waals surface area contributed by atoms with Gasteiger partial charge in [-0.1, -0.05) is 0 Å². The highest BCUT2D eigenvalue weighted by Crippen LogP contribution is 2.17. The molecule has 0 bridgehead atoms. The number of carbonyl (C=O) groups excluding carboxylic acids is 2. The van der Waals surface area contributed by atoms with E-state index in [-0.39, 0.29) is 35.7 Å². The average molecular weight is 325 g/mol. The monoisotopic (exact) mass is 325 g/mol. The second-order valence-electron chi connectivity index (χ2n) is 5.44. The zero-order valence-electron chi connectivity index (χ0n) is 12.4. The van der Waals surface area contributed by atoms with Crippen LogP contribution in [0.1, 0.15) is 23.7 Å². The predicted octanol–water partition coefficient (Wildman–Crippen LogP) is 0.819. The number of carbonyl (C=O) groups is 2. The van der Waals surface area contributed by atoms with Crippen molar-refractivity contribution >= 4 is 21.5 Å². The highest BCUT2D eigenvalue weighted by molar-refractivity contribution is 7.91. The Balaban J connectivity index is 1.72. The number of Topliss-reactive ketones (excluding diaryl/α,β-unsaturated/α-hetero) is 1. The third-order valence-electron chi connectivity index (χ3n) is 3.55. The van der Waals surface area contributed by atoms with Gasteiger partial charge >= 0.3 is 0 Å². The number of hydrogen-bond acceptors (Lipinski definition) is 5. The van der Waals surface area contributed by atoms with E-state index in [0.29, 0.717) is 24.3 Å². The second kappa shape index (κ2) is 6.91. The number of nitrogens with one attached hydrogen (secondary N) is 1. The van der Waals surface area contributed by atoms with Gasteiger partial charge in [-0.15, -0.1) is 0 Å². The number of rotatable bonds is 6. The van der Waals surface area contributed by atoms with Crippen molar-refractivity contribution in [3.8, 4) is 5.75 Å². The van der Waals surface area contributed by atoms with E-state index in [4.69, 9.17) is 4.74 Å². The minimum atomic E-state index is -2.92. The van der Waals surface area contributed by atoms with Gasteiger partial charge < -0.3 is 10.1 Å². The van der Waals surface area contributed by atoms with Crippen LogP contribution in [0.25, 0.3) is 0 Å². The Morgan fingerprint density at radius 3 is 2.50 bits per heavy atom. The summed E-state index contributed by atoms with van der Waals surface area (Å²) in [6.45, 7) is 1.69. The minimum Gasteiger partial charge on any atom is -0.484 e. The zero-order valence-corrected chi connectivity index (χ0v) is 13.2. The van der Waals surface area contributed by atoms with Crippen LogP contribution < -0.4 is 10.1 Å². The van der Waals surface area contributed by atoms with E-state index in [0.717, 1.165) is 0 Å². The van der Waals surface area contributed by atoms with Crippen molar-refractivity contribution in [2.24, 2.45) is 5.92 Å². The number of ether oxygens (including phenoxy) is 1. The quantitative estimate of drug-likeness (QED) is 0.782. The lowest BCUT2D eigenvalue weighted by molar-refractivity contribution is -0.123. The van der Waals surface area contributed by atoms with Gasteiger partial charge in [0.1, 0.15) is 5.75 Å². The Hall–Kier alpha value is -1.89. The first-order chi connectivity index (χ1) is 10.4. The molecule has 120 valence electrons. The maximum atomic E-state index is 11.7. The van der Waals surface area contributed by atoms with Crippen LogP contribution in [0.2, 0.25) is 0 Å². The first-order valence-corrected chi connectivity index (χ1v) is 8.89. The third kappa shape index (κ3) is 4.84. The van der Waals surface area contributed by atoms with Gasteiger partial charge in [0.25, 0.3) is 5.91 Å². The standard InChI is InChI=1S/C15H19NO5S/c1-11(17)13-2-4-14(5-3-13)21-9-15(18)16-8-12-6-7-22(19,20)10-12/h2-5,12H,6-10H2,1H3,(H,16,18)/t12-/m1/s1. The van der Waals surface area contributed by atoms with Crippen molar-refractivity contribution in [2.45, 2.75) is 13.3 Å². The molecule has 1 amide bonds. The first-order valence-electron chi connectivity index (χ1n) is 7.06. The fourth-order valence-electron chi connectivity index (χ4n) is 2.28. The van der Waals surface area contributed by atoms with Crippen molar-refractivity contribution in [3.63, 3.8) is 0 Å². The lowest BCUT2D eigenvalue weighted by Gasteiger charge is -2.10. The van der Waals surface area contributed by atoms with Crippen molar-refractivity contribution < 1.29 is 22.7 Å². The number of ketones is 1. The third-order valence-corrected chi connectivity index (χ3v) is 5.38. The Morgan fingerprint density at radius 2 is 1.95 bits per heavy atom. The molecule has 0 radical (unpaired) electrons. The molecule has 0 spiro atoms. The van der Waals surface area contributed by atoms with Gasteiger partial charge in [-0.25, -0.2) is 8.42 Å². The number of sulfone groups is 1. The smallest absolute Gasteiger partial charge is 0.257 e. The summed E-state index contributed by atoms with van der Waals surface area (Å²) in [5, 5.41) is 2.68. The van der Waals surface area contributed by atoms with E-state index >= 15 is 0 Å². The van der Waals surface area contributed by atoms with Gasteiger partial charge in [0.05, 0.1) is 11.5 Å². The van der Waals surface area contributed by atoms with E-state index in [2.05, 4.69) is 5.32 Å². The minimum absolute atomic E-state index is 0.0104. The summed E-state index contributed by atoms with van der Waals surface area (Å²) in [4.78, 5) is 22.8. The molecule has 1 aromatic carbocycles. The van der Waals surface area contributed by atoms with Crippen molar-refractivity contribution in [3.05, 3.63) is 29.8 Å². The number of amides is 1. The summed E-state index contributed by atoms with van der Waals surface area (Å²) in [5.41, 5.74) is 0.583. The van der Waals surface area contributed by atoms with Crippen molar-refractivity contribution in [1.82, 2.24) is 5.32 Å². The highest BCUT2D eigenvalue weighted by Gasteiger charge is 2.27. The summed E-state index contributed by atoms with van der Waals surface area (Å²) < 4.78 is 27.9. The molecule has 0 aliphatic carbocycles. The van der Waals surface area contributed by atoms with E-state index in [1.54, 1.807) is 24.3 Å². The molecule has 1 aromatic rings. The van der Waals surface area contributed by atoms with Crippen LogP contribution in [-0.4, -0.2) is 44.8 Å². The molecule has 1 heterocycles. The second-order valence-corrected chi connectivity index (χ2v) is 7.67. The van der Waals surface area contributed by atoms with Crippen LogP contribution >= 0.6 is 0 Å². The van der Waals surface area contributed by atoms with Gasteiger partial charge in [-0.3, -0.25) is 9.59 Å². The lowest BCUT2D eigenvalue weighted by atomic mass is 10.1. The van der Waals surface area contributed by atoms with Crippen LogP contribution in [-0.2, 0) is 14.6 Å². The molecular formula is C15H19NO5S. The van der Waals surface area contributed by atoms with Gasteiger partial charge in [0.2, 0.25) is 0 Å². The predicted molar refractivity (Wildman–Crippen MR) is 81.7 cm³/mol. The molecule has 7 heteroatoms. The topological polar surface area (TPSA) is 89.5 Å². The van der Waals surface area contributed by atoms with Gasteiger partial charge in [0, 0.05) is 12.1 Å². The van der Waals surface area contributed by atoms with E-state index in [9.17, 15) is 18.0 Å². The van der Waals surface area contributed by atoms with Gasteiger partial charge in [-0.2, -0.15) is 0 Å². The summed E-state index contributed by atoms with van der Waals surface area (Å²) in [6.07, 6.45) is 0.593. The molecule has 0 unspecified atom stereocenters. The number of hydrogen-bond donors (Lipinski definition) is 1. The molecule has 2 rings (SSSR count). The van der Waals surface area contributed by atoms with Gasteiger partial charge in [-0.05, 0) is 43.5 Å². The summed E-state index contributed by atoms with van der Waals surface area (Å²) in [7, 11) is -2.92. The highest BCUT2D eigenvalue weighted by atomic mass is 32.2. The molecule has 1 fully saturated rings. The maximum Gasteiger partial charge on any atom is 0.257 e. The molecule has 22 heavy (non-hydrogen) atoms. The molecule has 1 saturated heterocycles. The molecule has 0 saturated carbocycles. The summed E-state index contributed by atoms with van der Waals surface area (Å²) in [5.74, 6) is 0.510. The van der Waals surface area contributed by atoms with Crippen molar-refractivity contribution in [2.75, 3.05) is 24.7 Å². The Kier molecular flexibility index (Phi) is 5.18. The number of benzene rings is 1. The molecule has 1 aliphatic heterocycles. The maximum absolute atomic E-state index is 11.7. The van der Waals surface area contributed by atoms with Gasteiger partial charge in [0.15, 0.2) is 22.2 Å². The van der Waals surface area contributed by atoms with Crippen LogP contribution in [0.4, 0.5) is 0 Å². The largest absolute Gasteiger partial charge is 0.484 e. The Labute approximate surface area is 129 Å². The molecule has 6 nitrogen and oxygen atoms in total. The molecule has 1 atom stereocenters. The summed E-state index contributed by atoms with van der Waals surface area (Å²) in [6, 6.07) is 6.54. The summed E-state index contributed by atoms with van der Waals surface area (Å²) >= 11 is 0. The van der Waals surface area contributed by atoms with E-state index in [1.165, 1.54) is 6.92 Å². The molecule has 1 N–H and O–H groups in total.